The van der Waals surface area contributed by atoms with Crippen molar-refractivity contribution in [2.24, 2.45) is 11.8 Å². The molecule has 0 aliphatic carbocycles. The maximum atomic E-state index is 13.6. The third-order valence-corrected chi connectivity index (χ3v) is 7.17. The van der Waals surface area contributed by atoms with E-state index in [2.05, 4.69) is 10.6 Å². The van der Waals surface area contributed by atoms with Crippen LogP contribution in [0.2, 0.25) is 0 Å². The number of likely N-dealkylation sites (tertiary alicyclic amines) is 1. The highest BCUT2D eigenvalue weighted by Crippen LogP contribution is 2.52. The molecule has 31 heavy (non-hydrogen) atoms. The number of methoxy groups -OCH3 is 1. The Balaban J connectivity index is 1.24. The van der Waals surface area contributed by atoms with Crippen molar-refractivity contribution in [2.75, 3.05) is 20.2 Å². The van der Waals surface area contributed by atoms with Crippen LogP contribution in [0.3, 0.4) is 0 Å². The van der Waals surface area contributed by atoms with Crippen LogP contribution in [0.4, 0.5) is 0 Å². The first-order valence-electron chi connectivity index (χ1n) is 10.8. The summed E-state index contributed by atoms with van der Waals surface area (Å²) in [7, 11) is 1.63. The van der Waals surface area contributed by atoms with Gasteiger partial charge in [-0.2, -0.15) is 0 Å². The molecule has 7 nitrogen and oxygen atoms in total. The van der Waals surface area contributed by atoms with Crippen molar-refractivity contribution in [3.05, 3.63) is 66.0 Å². The molecule has 2 amide bonds. The van der Waals surface area contributed by atoms with Crippen molar-refractivity contribution in [1.82, 2.24) is 14.4 Å². The molecule has 4 aliphatic heterocycles. The van der Waals surface area contributed by atoms with E-state index in [0.717, 1.165) is 23.6 Å². The number of aromatic nitrogens is 1. The number of rotatable bonds is 4. The Morgan fingerprint density at radius 2 is 2.16 bits per heavy atom. The summed E-state index contributed by atoms with van der Waals surface area (Å²) in [4.78, 5) is 30.8. The highest BCUT2D eigenvalue weighted by atomic mass is 16.5. The molecule has 4 atom stereocenters. The molecule has 2 fully saturated rings. The van der Waals surface area contributed by atoms with Gasteiger partial charge in [0.1, 0.15) is 11.4 Å². The molecule has 4 aliphatic rings. The Morgan fingerprint density at radius 3 is 3.03 bits per heavy atom. The molecule has 0 unspecified atom stereocenters. The van der Waals surface area contributed by atoms with Crippen molar-refractivity contribution < 1.29 is 19.1 Å². The zero-order chi connectivity index (χ0) is 21.2. The maximum absolute atomic E-state index is 13.6. The average Bonchev–Trinajstić information content (AvgIpc) is 3.54. The van der Waals surface area contributed by atoms with Gasteiger partial charge in [0.05, 0.1) is 38.1 Å². The molecule has 0 saturated carbocycles. The van der Waals surface area contributed by atoms with Gasteiger partial charge in [-0.15, -0.1) is 0 Å². The molecular weight excluding hydrogens is 394 g/mol. The predicted octanol–water partition coefficient (Wildman–Crippen LogP) is 1.82. The highest BCUT2D eigenvalue weighted by Gasteiger charge is 2.67. The second kappa shape index (κ2) is 6.72. The molecule has 2 aromatic rings. The van der Waals surface area contributed by atoms with Gasteiger partial charge in [0.15, 0.2) is 0 Å². The summed E-state index contributed by atoms with van der Waals surface area (Å²) in [5.74, 6) is -0.0928. The van der Waals surface area contributed by atoms with Gasteiger partial charge < -0.3 is 23.8 Å². The summed E-state index contributed by atoms with van der Waals surface area (Å²) in [6.45, 7) is 2.99. The van der Waals surface area contributed by atoms with Crippen molar-refractivity contribution in [3.63, 3.8) is 0 Å². The maximum Gasteiger partial charge on any atom is 0.230 e. The van der Waals surface area contributed by atoms with Gasteiger partial charge in [-0.1, -0.05) is 24.3 Å². The van der Waals surface area contributed by atoms with Crippen LogP contribution < -0.4 is 4.74 Å². The van der Waals surface area contributed by atoms with Gasteiger partial charge in [0.2, 0.25) is 11.8 Å². The number of nitrogens with zero attached hydrogens (tertiary/aromatic N) is 3. The fourth-order valence-corrected chi connectivity index (χ4v) is 5.70. The predicted molar refractivity (Wildman–Crippen MR) is 112 cm³/mol. The molecule has 1 spiro atoms. The topological polar surface area (TPSA) is 64.0 Å². The van der Waals surface area contributed by atoms with Crippen molar-refractivity contribution in [3.8, 4) is 5.75 Å². The lowest BCUT2D eigenvalue weighted by molar-refractivity contribution is -0.144. The number of hydrogen-bond donors (Lipinski definition) is 0. The Bertz CT molecular complexity index is 1090. The molecular formula is C24H25N3O4. The highest BCUT2D eigenvalue weighted by molar-refractivity contribution is 5.93. The van der Waals surface area contributed by atoms with Crippen LogP contribution in [0, 0.1) is 11.8 Å². The summed E-state index contributed by atoms with van der Waals surface area (Å²) in [5, 5.41) is 0. The minimum Gasteiger partial charge on any atom is -0.497 e. The third-order valence-electron chi connectivity index (χ3n) is 7.17. The summed E-state index contributed by atoms with van der Waals surface area (Å²) < 4.78 is 13.8. The second-order valence-electron chi connectivity index (χ2n) is 8.90. The molecule has 1 aromatic carbocycles. The van der Waals surface area contributed by atoms with E-state index in [1.165, 1.54) is 0 Å². The SMILES string of the molecule is COc1cccc(CN2C[C@]34C=C[C@H](O3)[C@@H](C(=O)N3CCn5cccc5C3)[C@@H]4C2=O)c1. The van der Waals surface area contributed by atoms with E-state index in [1.807, 2.05) is 58.5 Å². The molecule has 6 rings (SSSR count). The number of hydrogen-bond acceptors (Lipinski definition) is 4. The molecule has 0 N–H and O–H groups in total. The molecule has 160 valence electrons. The number of amides is 2. The lowest BCUT2D eigenvalue weighted by Crippen LogP contribution is -2.48. The number of carbonyl (C=O) groups excluding carboxylic acids is 2. The van der Waals surface area contributed by atoms with E-state index < -0.39 is 17.4 Å². The zero-order valence-electron chi connectivity index (χ0n) is 17.4. The molecule has 2 saturated heterocycles. The van der Waals surface area contributed by atoms with Crippen molar-refractivity contribution >= 4 is 11.8 Å². The first-order valence-corrected chi connectivity index (χ1v) is 10.8. The first kappa shape index (κ1) is 18.7. The summed E-state index contributed by atoms with van der Waals surface area (Å²) in [6.07, 6.45) is 5.73. The quantitative estimate of drug-likeness (QED) is 0.710. The largest absolute Gasteiger partial charge is 0.497 e. The fourth-order valence-electron chi connectivity index (χ4n) is 5.70. The van der Waals surface area contributed by atoms with Crippen LogP contribution in [0.1, 0.15) is 11.3 Å². The fraction of sp³-hybridized carbons (Fsp3) is 0.417. The number of fused-ring (bicyclic) bond motifs is 2. The van der Waals surface area contributed by atoms with E-state index in [0.29, 0.717) is 26.2 Å². The minimum absolute atomic E-state index is 0.00778. The smallest absolute Gasteiger partial charge is 0.230 e. The van der Waals surface area contributed by atoms with E-state index >= 15 is 0 Å². The van der Waals surface area contributed by atoms with Crippen LogP contribution in [0.5, 0.6) is 5.75 Å². The summed E-state index contributed by atoms with van der Waals surface area (Å²) in [6, 6.07) is 11.8. The molecule has 2 bridgehead atoms. The lowest BCUT2D eigenvalue weighted by Gasteiger charge is -2.33. The van der Waals surface area contributed by atoms with Crippen molar-refractivity contribution in [1.29, 1.82) is 0 Å². The summed E-state index contributed by atoms with van der Waals surface area (Å²) in [5.41, 5.74) is 1.45. The molecule has 5 heterocycles. The van der Waals surface area contributed by atoms with Gasteiger partial charge in [-0.05, 0) is 29.8 Å². The minimum atomic E-state index is -0.684. The van der Waals surface area contributed by atoms with Gasteiger partial charge >= 0.3 is 0 Å². The number of ether oxygens (including phenoxy) is 2. The Hall–Kier alpha value is -3.06. The molecule has 1 aromatic heterocycles. The van der Waals surface area contributed by atoms with Crippen LogP contribution in [-0.2, 0) is 34.0 Å². The first-order chi connectivity index (χ1) is 15.1. The van der Waals surface area contributed by atoms with E-state index in [-0.39, 0.29) is 17.9 Å². The average molecular weight is 419 g/mol. The summed E-state index contributed by atoms with van der Waals surface area (Å²) >= 11 is 0. The van der Waals surface area contributed by atoms with Gasteiger partial charge in [-0.3, -0.25) is 9.59 Å². The molecule has 7 heteroatoms. The van der Waals surface area contributed by atoms with Gasteiger partial charge in [-0.25, -0.2) is 0 Å². The van der Waals surface area contributed by atoms with Crippen LogP contribution in [0.15, 0.2) is 54.7 Å². The lowest BCUT2D eigenvalue weighted by atomic mass is 9.76. The number of carbonyl (C=O) groups is 2. The van der Waals surface area contributed by atoms with E-state index in [4.69, 9.17) is 9.47 Å². The second-order valence-corrected chi connectivity index (χ2v) is 8.90. The normalized spacial score (nSPS) is 30.6. The van der Waals surface area contributed by atoms with Crippen molar-refractivity contribution in [2.45, 2.75) is 31.3 Å². The van der Waals surface area contributed by atoms with Crippen LogP contribution in [0.25, 0.3) is 0 Å². The standard InChI is InChI=1S/C24H25N3O4/c1-30-18-6-2-4-16(12-18)13-27-15-24-8-7-19(31-24)20(21(24)23(27)29)22(28)26-11-10-25-9-3-5-17(25)14-26/h2-9,12,19-21H,10-11,13-15H2,1H3/t19-,20+,21+,24-/m0/s1. The van der Waals surface area contributed by atoms with E-state index in [1.54, 1.807) is 7.11 Å². The Kier molecular flexibility index (Phi) is 4.05. The number of benzene rings is 1. The van der Waals surface area contributed by atoms with E-state index in [9.17, 15) is 9.59 Å². The monoisotopic (exact) mass is 419 g/mol. The van der Waals surface area contributed by atoms with Gasteiger partial charge in [0, 0.05) is 31.5 Å². The Morgan fingerprint density at radius 1 is 1.26 bits per heavy atom. The zero-order valence-corrected chi connectivity index (χ0v) is 17.4. The van der Waals surface area contributed by atoms with Gasteiger partial charge in [0.25, 0.3) is 0 Å². The molecule has 0 radical (unpaired) electrons. The Labute approximate surface area is 180 Å². The van der Waals surface area contributed by atoms with Crippen LogP contribution >= 0.6 is 0 Å². The van der Waals surface area contributed by atoms with Crippen LogP contribution in [-0.4, -0.2) is 58.1 Å². The third kappa shape index (κ3) is 2.76.